The molecule has 1 saturated heterocycles. The topological polar surface area (TPSA) is 39.1 Å². The summed E-state index contributed by atoms with van der Waals surface area (Å²) < 4.78 is 38.8. The lowest BCUT2D eigenvalue weighted by Crippen LogP contribution is -2.55. The van der Waals surface area contributed by atoms with E-state index in [9.17, 15) is 18.4 Å². The van der Waals surface area contributed by atoms with Gasteiger partial charge in [0, 0.05) is 12.6 Å². The maximum atomic E-state index is 12.9. The van der Waals surface area contributed by atoms with Gasteiger partial charge in [0.25, 0.3) is 0 Å². The second-order valence-corrected chi connectivity index (χ2v) is 6.35. The van der Waals surface area contributed by atoms with E-state index < -0.39 is 17.6 Å². The molecule has 1 N–H and O–H groups in total. The van der Waals surface area contributed by atoms with Crippen LogP contribution in [-0.2, 0) is 0 Å². The molecule has 6 heteroatoms. The van der Waals surface area contributed by atoms with Crippen LogP contribution in [0.1, 0.15) is 45.4 Å². The summed E-state index contributed by atoms with van der Waals surface area (Å²) in [5, 5.41) is 12.7. The second-order valence-electron chi connectivity index (χ2n) is 6.35. The van der Waals surface area contributed by atoms with Gasteiger partial charge in [-0.05, 0) is 51.6 Å². The fourth-order valence-electron chi connectivity index (χ4n) is 3.80. The molecule has 0 aromatic carbocycles. The molecule has 1 aliphatic heterocycles. The third-order valence-corrected chi connectivity index (χ3v) is 4.89. The highest BCUT2D eigenvalue weighted by atomic mass is 19.4. The van der Waals surface area contributed by atoms with Crippen LogP contribution >= 0.6 is 0 Å². The molecule has 0 bridgehead atoms. The SMILES string of the molecule is CCNC1(C#N)CCCC(N2CCCC(C(F)(F)F)C2)C1. The zero-order chi connectivity index (χ0) is 15.5. The zero-order valence-electron chi connectivity index (χ0n) is 12.5. The lowest BCUT2D eigenvalue weighted by Gasteiger charge is -2.44. The predicted molar refractivity (Wildman–Crippen MR) is 74.6 cm³/mol. The third-order valence-electron chi connectivity index (χ3n) is 4.89. The molecule has 0 aromatic rings. The van der Waals surface area contributed by atoms with Gasteiger partial charge in [-0.15, -0.1) is 0 Å². The van der Waals surface area contributed by atoms with Gasteiger partial charge in [0.15, 0.2) is 0 Å². The number of piperidine rings is 1. The molecule has 0 spiro atoms. The number of hydrogen-bond donors (Lipinski definition) is 1. The molecular weight excluding hydrogens is 279 g/mol. The Bertz CT molecular complexity index is 387. The van der Waals surface area contributed by atoms with Crippen LogP contribution in [0, 0.1) is 17.2 Å². The minimum Gasteiger partial charge on any atom is -0.300 e. The second kappa shape index (κ2) is 6.53. The molecule has 120 valence electrons. The van der Waals surface area contributed by atoms with Gasteiger partial charge in [-0.1, -0.05) is 6.92 Å². The van der Waals surface area contributed by atoms with E-state index in [0.717, 1.165) is 25.8 Å². The van der Waals surface area contributed by atoms with Gasteiger partial charge in [-0.25, -0.2) is 0 Å². The van der Waals surface area contributed by atoms with Gasteiger partial charge in [0.05, 0.1) is 12.0 Å². The summed E-state index contributed by atoms with van der Waals surface area (Å²) in [6.07, 6.45) is -0.0177. The number of nitriles is 1. The molecule has 21 heavy (non-hydrogen) atoms. The Balaban J connectivity index is 2.02. The lowest BCUT2D eigenvalue weighted by molar-refractivity contribution is -0.189. The van der Waals surface area contributed by atoms with Crippen molar-refractivity contribution in [2.45, 2.75) is 63.2 Å². The Morgan fingerprint density at radius 3 is 2.71 bits per heavy atom. The lowest BCUT2D eigenvalue weighted by atomic mass is 9.78. The fourth-order valence-corrected chi connectivity index (χ4v) is 3.80. The molecule has 1 saturated carbocycles. The molecule has 3 unspecified atom stereocenters. The van der Waals surface area contributed by atoms with Gasteiger partial charge in [-0.2, -0.15) is 18.4 Å². The van der Waals surface area contributed by atoms with Crippen molar-refractivity contribution in [2.24, 2.45) is 5.92 Å². The van der Waals surface area contributed by atoms with Crippen LogP contribution in [0.25, 0.3) is 0 Å². The summed E-state index contributed by atoms with van der Waals surface area (Å²) in [4.78, 5) is 1.98. The van der Waals surface area contributed by atoms with E-state index in [4.69, 9.17) is 0 Å². The average molecular weight is 303 g/mol. The van der Waals surface area contributed by atoms with Crippen molar-refractivity contribution in [1.82, 2.24) is 10.2 Å². The third kappa shape index (κ3) is 3.89. The van der Waals surface area contributed by atoms with E-state index in [-0.39, 0.29) is 19.0 Å². The van der Waals surface area contributed by atoms with Crippen molar-refractivity contribution in [3.8, 4) is 6.07 Å². The smallest absolute Gasteiger partial charge is 0.300 e. The van der Waals surface area contributed by atoms with Gasteiger partial charge < -0.3 is 0 Å². The van der Waals surface area contributed by atoms with E-state index in [2.05, 4.69) is 11.4 Å². The Morgan fingerprint density at radius 1 is 1.33 bits per heavy atom. The highest BCUT2D eigenvalue weighted by Crippen LogP contribution is 2.37. The van der Waals surface area contributed by atoms with Crippen molar-refractivity contribution in [3.63, 3.8) is 0 Å². The molecular formula is C15H24F3N3. The molecule has 3 atom stereocenters. The number of alkyl halides is 3. The largest absolute Gasteiger partial charge is 0.393 e. The molecule has 0 radical (unpaired) electrons. The van der Waals surface area contributed by atoms with Crippen LogP contribution in [0.4, 0.5) is 13.2 Å². The van der Waals surface area contributed by atoms with Gasteiger partial charge in [0.1, 0.15) is 5.54 Å². The maximum Gasteiger partial charge on any atom is 0.393 e. The number of rotatable bonds is 3. The highest BCUT2D eigenvalue weighted by Gasteiger charge is 2.45. The van der Waals surface area contributed by atoms with Crippen molar-refractivity contribution < 1.29 is 13.2 Å². The minimum atomic E-state index is -4.10. The molecule has 0 amide bonds. The normalized spacial score (nSPS) is 35.4. The summed E-state index contributed by atoms with van der Waals surface area (Å²) in [6, 6.07) is 2.47. The van der Waals surface area contributed by atoms with Crippen LogP contribution in [-0.4, -0.2) is 42.3 Å². The van der Waals surface area contributed by atoms with Gasteiger partial charge >= 0.3 is 6.18 Å². The van der Waals surface area contributed by atoms with Crippen LogP contribution in [0.15, 0.2) is 0 Å². The van der Waals surface area contributed by atoms with Crippen LogP contribution < -0.4 is 5.32 Å². The first-order chi connectivity index (χ1) is 9.90. The van der Waals surface area contributed by atoms with Crippen molar-refractivity contribution in [3.05, 3.63) is 0 Å². The molecule has 1 aliphatic carbocycles. The van der Waals surface area contributed by atoms with Gasteiger partial charge in [-0.3, -0.25) is 10.2 Å². The quantitative estimate of drug-likeness (QED) is 0.871. The number of halogens is 3. The summed E-state index contributed by atoms with van der Waals surface area (Å²) >= 11 is 0. The monoisotopic (exact) mass is 303 g/mol. The molecule has 2 fully saturated rings. The predicted octanol–water partition coefficient (Wildman–Crippen LogP) is 3.08. The van der Waals surface area contributed by atoms with Crippen molar-refractivity contribution in [2.75, 3.05) is 19.6 Å². The van der Waals surface area contributed by atoms with Crippen LogP contribution in [0.2, 0.25) is 0 Å². The maximum absolute atomic E-state index is 12.9. The average Bonchev–Trinajstić information content (AvgIpc) is 2.47. The number of nitrogens with one attached hydrogen (secondary N) is 1. The molecule has 1 heterocycles. The first kappa shape index (κ1) is 16.6. The van der Waals surface area contributed by atoms with E-state index >= 15 is 0 Å². The molecule has 0 aromatic heterocycles. The fraction of sp³-hybridized carbons (Fsp3) is 0.933. The van der Waals surface area contributed by atoms with Crippen LogP contribution in [0.5, 0.6) is 0 Å². The molecule has 2 aliphatic rings. The van der Waals surface area contributed by atoms with Crippen LogP contribution in [0.3, 0.4) is 0 Å². The Morgan fingerprint density at radius 2 is 2.10 bits per heavy atom. The minimum absolute atomic E-state index is 0.0990. The van der Waals surface area contributed by atoms with Crippen molar-refractivity contribution >= 4 is 0 Å². The Kier molecular flexibility index (Phi) is 5.15. The van der Waals surface area contributed by atoms with E-state index in [0.29, 0.717) is 19.4 Å². The zero-order valence-corrected chi connectivity index (χ0v) is 12.5. The highest BCUT2D eigenvalue weighted by molar-refractivity contribution is 5.11. The number of nitrogens with zero attached hydrogens (tertiary/aromatic N) is 2. The first-order valence-electron chi connectivity index (χ1n) is 7.87. The summed E-state index contributed by atoms with van der Waals surface area (Å²) in [6.45, 7) is 3.50. The Labute approximate surface area is 124 Å². The number of likely N-dealkylation sites (tertiary alicyclic amines) is 1. The molecule has 3 nitrogen and oxygen atoms in total. The van der Waals surface area contributed by atoms with E-state index in [1.54, 1.807) is 0 Å². The van der Waals surface area contributed by atoms with E-state index in [1.165, 1.54) is 0 Å². The molecule has 2 rings (SSSR count). The van der Waals surface area contributed by atoms with Gasteiger partial charge in [0.2, 0.25) is 0 Å². The summed E-state index contributed by atoms with van der Waals surface area (Å²) in [5.41, 5.74) is -0.553. The standard InChI is InChI=1S/C15H24F3N3/c1-2-20-14(11-19)7-3-6-13(9-14)21-8-4-5-12(10-21)15(16,17)18/h12-13,20H,2-10H2,1H3. The summed E-state index contributed by atoms with van der Waals surface area (Å²) in [7, 11) is 0. The van der Waals surface area contributed by atoms with E-state index in [1.807, 2.05) is 11.8 Å². The summed E-state index contributed by atoms with van der Waals surface area (Å²) in [5.74, 6) is -1.20. The Hall–Kier alpha value is -0.800. The van der Waals surface area contributed by atoms with Crippen molar-refractivity contribution in [1.29, 1.82) is 5.26 Å². The number of hydrogen-bond acceptors (Lipinski definition) is 3. The first-order valence-corrected chi connectivity index (χ1v) is 7.87.